The Bertz CT molecular complexity index is 618. The van der Waals surface area contributed by atoms with Crippen molar-refractivity contribution in [3.63, 3.8) is 0 Å². The average molecular weight is 323 g/mol. The smallest absolute Gasteiger partial charge is 0.311 e. The molecule has 0 amide bonds. The highest BCUT2D eigenvalue weighted by molar-refractivity contribution is 9.10. The zero-order chi connectivity index (χ0) is 13.8. The van der Waals surface area contributed by atoms with Crippen molar-refractivity contribution in [1.82, 2.24) is 4.98 Å². The van der Waals surface area contributed by atoms with E-state index in [1.54, 1.807) is 0 Å². The van der Waals surface area contributed by atoms with Gasteiger partial charge in [0.05, 0.1) is 4.92 Å². The minimum Gasteiger partial charge on any atom is -0.384 e. The van der Waals surface area contributed by atoms with Crippen LogP contribution in [0, 0.1) is 10.1 Å². The lowest BCUT2D eigenvalue weighted by Gasteiger charge is -2.08. The number of nitrogens with one attached hydrogen (secondary N) is 1. The number of anilines is 2. The monoisotopic (exact) mass is 322 g/mol. The number of nitrogens with zero attached hydrogens (tertiary/aromatic N) is 2. The molecule has 6 nitrogen and oxygen atoms in total. The predicted molar refractivity (Wildman–Crippen MR) is 76.8 cm³/mol. The third-order valence-electron chi connectivity index (χ3n) is 2.50. The second kappa shape index (κ2) is 5.66. The number of halogens is 1. The quantitative estimate of drug-likeness (QED) is 0.666. The van der Waals surface area contributed by atoms with Gasteiger partial charge in [0.2, 0.25) is 5.82 Å². The summed E-state index contributed by atoms with van der Waals surface area (Å²) in [5, 5.41) is 13.8. The normalized spacial score (nSPS) is 10.2. The van der Waals surface area contributed by atoms with E-state index in [0.717, 1.165) is 10.0 Å². The van der Waals surface area contributed by atoms with Gasteiger partial charge in [-0.3, -0.25) is 10.1 Å². The Hall–Kier alpha value is -2.15. The van der Waals surface area contributed by atoms with Gasteiger partial charge < -0.3 is 11.1 Å². The lowest BCUT2D eigenvalue weighted by Crippen LogP contribution is -2.06. The SMILES string of the molecule is Nc1ccc([N+](=O)[O-])c(NCc2ccccc2Br)n1. The molecule has 3 N–H and O–H groups in total. The summed E-state index contributed by atoms with van der Waals surface area (Å²) in [5.41, 5.74) is 6.42. The molecule has 98 valence electrons. The highest BCUT2D eigenvalue weighted by atomic mass is 79.9. The molecule has 0 fully saturated rings. The molecule has 0 atom stereocenters. The van der Waals surface area contributed by atoms with Crippen molar-refractivity contribution in [1.29, 1.82) is 0 Å². The largest absolute Gasteiger partial charge is 0.384 e. The molecule has 2 rings (SSSR count). The second-order valence-corrected chi connectivity index (χ2v) is 4.66. The number of hydrogen-bond acceptors (Lipinski definition) is 5. The van der Waals surface area contributed by atoms with Gasteiger partial charge in [0, 0.05) is 17.1 Å². The number of hydrogen-bond donors (Lipinski definition) is 2. The van der Waals surface area contributed by atoms with Crippen molar-refractivity contribution in [3.05, 3.63) is 56.5 Å². The predicted octanol–water partition coefficient (Wildman–Crippen LogP) is 2.95. The summed E-state index contributed by atoms with van der Waals surface area (Å²) in [6.45, 7) is 0.415. The molecule has 0 saturated heterocycles. The first kappa shape index (κ1) is 13.3. The summed E-state index contributed by atoms with van der Waals surface area (Å²) in [4.78, 5) is 14.3. The number of nitrogens with two attached hydrogens (primary N) is 1. The van der Waals surface area contributed by atoms with Crippen LogP contribution in [0.4, 0.5) is 17.3 Å². The van der Waals surface area contributed by atoms with Gasteiger partial charge in [-0.05, 0) is 17.7 Å². The topological polar surface area (TPSA) is 94.1 Å². The molecule has 0 radical (unpaired) electrons. The maximum absolute atomic E-state index is 10.9. The molecule has 1 aromatic heterocycles. The third-order valence-corrected chi connectivity index (χ3v) is 3.27. The Morgan fingerprint density at radius 3 is 2.74 bits per heavy atom. The Morgan fingerprint density at radius 2 is 2.05 bits per heavy atom. The average Bonchev–Trinajstić information content (AvgIpc) is 2.37. The van der Waals surface area contributed by atoms with Crippen molar-refractivity contribution in [3.8, 4) is 0 Å². The molecule has 0 spiro atoms. The first-order valence-electron chi connectivity index (χ1n) is 5.46. The van der Waals surface area contributed by atoms with Crippen molar-refractivity contribution in [2.75, 3.05) is 11.1 Å². The zero-order valence-corrected chi connectivity index (χ0v) is 11.4. The van der Waals surface area contributed by atoms with E-state index in [1.807, 2.05) is 24.3 Å². The van der Waals surface area contributed by atoms with Crippen LogP contribution in [0.15, 0.2) is 40.9 Å². The lowest BCUT2D eigenvalue weighted by atomic mass is 10.2. The number of nitrogen functional groups attached to an aromatic ring is 1. The van der Waals surface area contributed by atoms with Crippen LogP contribution >= 0.6 is 15.9 Å². The molecule has 7 heteroatoms. The van der Waals surface area contributed by atoms with Crippen molar-refractivity contribution in [2.24, 2.45) is 0 Å². The lowest BCUT2D eigenvalue weighted by molar-refractivity contribution is -0.384. The van der Waals surface area contributed by atoms with Crippen LogP contribution in [-0.2, 0) is 6.54 Å². The van der Waals surface area contributed by atoms with Crippen molar-refractivity contribution in [2.45, 2.75) is 6.54 Å². The molecule has 19 heavy (non-hydrogen) atoms. The molecule has 1 heterocycles. The van der Waals surface area contributed by atoms with E-state index >= 15 is 0 Å². The second-order valence-electron chi connectivity index (χ2n) is 3.81. The van der Waals surface area contributed by atoms with Crippen molar-refractivity contribution < 1.29 is 4.92 Å². The molecular formula is C12H11BrN4O2. The molecule has 0 aliphatic heterocycles. The van der Waals surface area contributed by atoms with E-state index in [0.29, 0.717) is 6.54 Å². The molecule has 0 saturated carbocycles. The van der Waals surface area contributed by atoms with Gasteiger partial charge in [-0.15, -0.1) is 0 Å². The summed E-state index contributed by atoms with van der Waals surface area (Å²) in [6.07, 6.45) is 0. The van der Waals surface area contributed by atoms with Gasteiger partial charge in [-0.2, -0.15) is 0 Å². The highest BCUT2D eigenvalue weighted by Crippen LogP contribution is 2.24. The Morgan fingerprint density at radius 1 is 1.32 bits per heavy atom. The zero-order valence-electron chi connectivity index (χ0n) is 9.84. The van der Waals surface area contributed by atoms with E-state index in [2.05, 4.69) is 26.2 Å². The van der Waals surface area contributed by atoms with Gasteiger partial charge in [-0.25, -0.2) is 4.98 Å². The fourth-order valence-corrected chi connectivity index (χ4v) is 1.99. The van der Waals surface area contributed by atoms with Gasteiger partial charge in [0.15, 0.2) is 0 Å². The van der Waals surface area contributed by atoms with E-state index in [4.69, 9.17) is 5.73 Å². The van der Waals surface area contributed by atoms with Crippen molar-refractivity contribution >= 4 is 33.3 Å². The van der Waals surface area contributed by atoms with Gasteiger partial charge >= 0.3 is 5.69 Å². The number of pyridine rings is 1. The molecule has 2 aromatic rings. The highest BCUT2D eigenvalue weighted by Gasteiger charge is 2.15. The summed E-state index contributed by atoms with van der Waals surface area (Å²) in [5.74, 6) is 0.404. The van der Waals surface area contributed by atoms with Crippen LogP contribution in [0.25, 0.3) is 0 Å². The molecular weight excluding hydrogens is 312 g/mol. The first-order valence-corrected chi connectivity index (χ1v) is 6.25. The maximum atomic E-state index is 10.9. The fraction of sp³-hybridized carbons (Fsp3) is 0.0833. The van der Waals surface area contributed by atoms with E-state index < -0.39 is 4.92 Å². The number of nitro groups is 1. The number of benzene rings is 1. The summed E-state index contributed by atoms with van der Waals surface area (Å²) in [6, 6.07) is 10.3. The Labute approximate surface area is 117 Å². The van der Waals surface area contributed by atoms with Crippen LogP contribution in [0.2, 0.25) is 0 Å². The maximum Gasteiger partial charge on any atom is 0.311 e. The van der Waals surface area contributed by atoms with E-state index in [1.165, 1.54) is 12.1 Å². The van der Waals surface area contributed by atoms with E-state index in [9.17, 15) is 10.1 Å². The first-order chi connectivity index (χ1) is 9.08. The van der Waals surface area contributed by atoms with Gasteiger partial charge in [0.25, 0.3) is 0 Å². The fourth-order valence-electron chi connectivity index (χ4n) is 1.57. The molecule has 1 aromatic carbocycles. The molecule has 0 bridgehead atoms. The Balaban J connectivity index is 2.22. The van der Waals surface area contributed by atoms with Crippen LogP contribution < -0.4 is 11.1 Å². The number of aromatic nitrogens is 1. The third kappa shape index (κ3) is 3.19. The minimum atomic E-state index is -0.491. The summed E-state index contributed by atoms with van der Waals surface area (Å²) in [7, 11) is 0. The van der Waals surface area contributed by atoms with Crippen LogP contribution in [0.3, 0.4) is 0 Å². The Kier molecular flexibility index (Phi) is 3.96. The standard InChI is InChI=1S/C12H11BrN4O2/c13-9-4-2-1-3-8(9)7-15-12-10(17(18)19)5-6-11(14)16-12/h1-6H,7H2,(H3,14,15,16). The summed E-state index contributed by atoms with van der Waals surface area (Å²) < 4.78 is 0.925. The minimum absolute atomic E-state index is 0.0961. The van der Waals surface area contributed by atoms with Gasteiger partial charge in [0.1, 0.15) is 5.82 Å². The molecule has 0 aliphatic rings. The van der Waals surface area contributed by atoms with Gasteiger partial charge in [-0.1, -0.05) is 34.1 Å². The molecule has 0 aliphatic carbocycles. The summed E-state index contributed by atoms with van der Waals surface area (Å²) >= 11 is 3.41. The van der Waals surface area contributed by atoms with Crippen LogP contribution in [-0.4, -0.2) is 9.91 Å². The van der Waals surface area contributed by atoms with Crippen LogP contribution in [0.1, 0.15) is 5.56 Å². The molecule has 0 unspecified atom stereocenters. The van der Waals surface area contributed by atoms with Crippen LogP contribution in [0.5, 0.6) is 0 Å². The number of rotatable bonds is 4. The van der Waals surface area contributed by atoms with E-state index in [-0.39, 0.29) is 17.3 Å².